The van der Waals surface area contributed by atoms with Gasteiger partial charge in [0.05, 0.1) is 6.04 Å². The number of carbonyl (C=O) groups is 1. The highest BCUT2D eigenvalue weighted by atomic mass is 32.2. The van der Waals surface area contributed by atoms with Gasteiger partial charge in [0, 0.05) is 23.1 Å². The molecule has 0 saturated carbocycles. The number of thioether (sulfide) groups is 2. The Morgan fingerprint density at radius 3 is 3.11 bits per heavy atom. The Bertz CT molecular complexity index is 431. The van der Waals surface area contributed by atoms with Crippen LogP contribution in [0, 0.1) is 6.92 Å². The van der Waals surface area contributed by atoms with Crippen molar-refractivity contribution in [3.63, 3.8) is 0 Å². The summed E-state index contributed by atoms with van der Waals surface area (Å²) in [7, 11) is 0. The summed E-state index contributed by atoms with van der Waals surface area (Å²) in [5, 5.41) is 6.18. The molecular weight excluding hydrogens is 264 g/mol. The van der Waals surface area contributed by atoms with Gasteiger partial charge in [-0.25, -0.2) is 0 Å². The molecule has 0 radical (unpaired) electrons. The maximum Gasteiger partial charge on any atom is 0.238 e. The zero-order valence-electron chi connectivity index (χ0n) is 10.7. The van der Waals surface area contributed by atoms with E-state index in [2.05, 4.69) is 42.0 Å². The Balaban J connectivity index is 1.95. The summed E-state index contributed by atoms with van der Waals surface area (Å²) >= 11 is 3.49. The normalized spacial score (nSPS) is 18.9. The molecule has 18 heavy (non-hydrogen) atoms. The van der Waals surface area contributed by atoms with E-state index in [1.807, 2.05) is 0 Å². The summed E-state index contributed by atoms with van der Waals surface area (Å²) in [6, 6.07) is 6.32. The molecule has 1 saturated heterocycles. The molecule has 1 aliphatic rings. The molecule has 5 heteroatoms. The van der Waals surface area contributed by atoms with Crippen LogP contribution in [0.4, 0.5) is 0 Å². The fourth-order valence-corrected chi connectivity index (χ4v) is 3.51. The molecule has 1 heterocycles. The largest absolute Gasteiger partial charge is 0.351 e. The second-order valence-electron chi connectivity index (χ2n) is 4.30. The van der Waals surface area contributed by atoms with Gasteiger partial charge >= 0.3 is 0 Å². The van der Waals surface area contributed by atoms with Gasteiger partial charge in [0.1, 0.15) is 0 Å². The van der Waals surface area contributed by atoms with Gasteiger partial charge in [-0.1, -0.05) is 12.1 Å². The molecule has 1 aromatic rings. The van der Waals surface area contributed by atoms with Gasteiger partial charge in [-0.2, -0.15) is 0 Å². The quantitative estimate of drug-likeness (QED) is 0.829. The maximum atomic E-state index is 11.9. The molecule has 1 aliphatic heterocycles. The number of aryl methyl sites for hydroxylation is 1. The molecule has 3 nitrogen and oxygen atoms in total. The van der Waals surface area contributed by atoms with Crippen molar-refractivity contribution >= 4 is 29.4 Å². The van der Waals surface area contributed by atoms with Crippen molar-refractivity contribution in [1.82, 2.24) is 10.6 Å². The second kappa shape index (κ2) is 6.50. The van der Waals surface area contributed by atoms with Crippen molar-refractivity contribution in [2.45, 2.75) is 24.4 Å². The lowest BCUT2D eigenvalue weighted by molar-refractivity contribution is -0.122. The predicted octanol–water partition coefficient (Wildman–Crippen LogP) is 2.00. The van der Waals surface area contributed by atoms with Crippen molar-refractivity contribution in [3.8, 4) is 0 Å². The Labute approximate surface area is 116 Å². The topological polar surface area (TPSA) is 41.1 Å². The van der Waals surface area contributed by atoms with E-state index in [0.717, 1.165) is 11.6 Å². The highest BCUT2D eigenvalue weighted by Gasteiger charge is 2.22. The lowest BCUT2D eigenvalue weighted by Crippen LogP contribution is -2.41. The molecule has 0 spiro atoms. The highest BCUT2D eigenvalue weighted by molar-refractivity contribution is 7.99. The monoisotopic (exact) mass is 282 g/mol. The number of hydrogen-bond acceptors (Lipinski definition) is 4. The van der Waals surface area contributed by atoms with E-state index in [4.69, 9.17) is 0 Å². The standard InChI is InChI=1S/C13H18N2OS2/c1-9-3-4-10(12(5-9)17-2)6-14-13(16)11-7-18-8-15-11/h3-5,11,15H,6-8H2,1-2H3,(H,14,16)/t11-/m1/s1. The zero-order valence-corrected chi connectivity index (χ0v) is 12.3. The Hall–Kier alpha value is -0.650. The van der Waals surface area contributed by atoms with Gasteiger partial charge < -0.3 is 5.32 Å². The molecule has 2 N–H and O–H groups in total. The van der Waals surface area contributed by atoms with E-state index in [1.165, 1.54) is 16.0 Å². The molecule has 0 unspecified atom stereocenters. The first kappa shape index (κ1) is 13.8. The molecule has 98 valence electrons. The second-order valence-corrected chi connectivity index (χ2v) is 6.18. The maximum absolute atomic E-state index is 11.9. The van der Waals surface area contributed by atoms with Gasteiger partial charge in [0.2, 0.25) is 5.91 Å². The Kier molecular flexibility index (Phi) is 4.97. The van der Waals surface area contributed by atoms with Gasteiger partial charge in [-0.15, -0.1) is 23.5 Å². The summed E-state index contributed by atoms with van der Waals surface area (Å²) in [4.78, 5) is 13.1. The highest BCUT2D eigenvalue weighted by Crippen LogP contribution is 2.21. The van der Waals surface area contributed by atoms with E-state index < -0.39 is 0 Å². The average Bonchev–Trinajstić information content (AvgIpc) is 2.90. The summed E-state index contributed by atoms with van der Waals surface area (Å²) in [5.74, 6) is 1.85. The molecule has 0 aliphatic carbocycles. The minimum atomic E-state index is -0.0295. The molecular formula is C13H18N2OS2. The molecule has 1 aromatic carbocycles. The number of benzene rings is 1. The first-order valence-electron chi connectivity index (χ1n) is 5.93. The minimum absolute atomic E-state index is 0.0295. The molecule has 2 rings (SSSR count). The van der Waals surface area contributed by atoms with Crippen LogP contribution in [0.3, 0.4) is 0 Å². The molecule has 0 aromatic heterocycles. The third-order valence-electron chi connectivity index (χ3n) is 2.93. The van der Waals surface area contributed by atoms with Crippen molar-refractivity contribution in [3.05, 3.63) is 29.3 Å². The van der Waals surface area contributed by atoms with E-state index in [-0.39, 0.29) is 11.9 Å². The first-order chi connectivity index (χ1) is 8.70. The van der Waals surface area contributed by atoms with Gasteiger partial charge in [-0.3, -0.25) is 10.1 Å². The van der Waals surface area contributed by atoms with Crippen LogP contribution in [-0.4, -0.2) is 29.8 Å². The zero-order chi connectivity index (χ0) is 13.0. The van der Waals surface area contributed by atoms with Crippen molar-refractivity contribution in [2.75, 3.05) is 17.9 Å². The number of carbonyl (C=O) groups excluding carboxylic acids is 1. The fraction of sp³-hybridized carbons (Fsp3) is 0.462. The predicted molar refractivity (Wildman–Crippen MR) is 79.1 cm³/mol. The van der Waals surface area contributed by atoms with Crippen LogP contribution in [0.15, 0.2) is 23.1 Å². The van der Waals surface area contributed by atoms with Crippen LogP contribution in [0.5, 0.6) is 0 Å². The fourth-order valence-electron chi connectivity index (χ4n) is 1.87. The Morgan fingerprint density at radius 2 is 2.44 bits per heavy atom. The number of nitrogens with one attached hydrogen (secondary N) is 2. The first-order valence-corrected chi connectivity index (χ1v) is 8.31. The van der Waals surface area contributed by atoms with E-state index in [0.29, 0.717) is 6.54 Å². The van der Waals surface area contributed by atoms with Gasteiger partial charge in [0.15, 0.2) is 0 Å². The SMILES string of the molecule is CSc1cc(C)ccc1CNC(=O)[C@H]1CSCN1. The summed E-state index contributed by atoms with van der Waals surface area (Å²) < 4.78 is 0. The molecule has 1 amide bonds. The third-order valence-corrected chi connectivity index (χ3v) is 4.69. The minimum Gasteiger partial charge on any atom is -0.351 e. The van der Waals surface area contributed by atoms with Crippen LogP contribution < -0.4 is 10.6 Å². The average molecular weight is 282 g/mol. The van der Waals surface area contributed by atoms with Crippen LogP contribution in [0.25, 0.3) is 0 Å². The lowest BCUT2D eigenvalue weighted by Gasteiger charge is -2.13. The lowest BCUT2D eigenvalue weighted by atomic mass is 10.1. The van der Waals surface area contributed by atoms with E-state index in [1.54, 1.807) is 23.5 Å². The van der Waals surface area contributed by atoms with Crippen LogP contribution >= 0.6 is 23.5 Å². The van der Waals surface area contributed by atoms with Gasteiger partial charge in [-0.05, 0) is 30.4 Å². The summed E-state index contributed by atoms with van der Waals surface area (Å²) in [6.45, 7) is 2.69. The Morgan fingerprint density at radius 1 is 1.61 bits per heavy atom. The molecule has 1 atom stereocenters. The van der Waals surface area contributed by atoms with Crippen molar-refractivity contribution < 1.29 is 4.79 Å². The smallest absolute Gasteiger partial charge is 0.238 e. The summed E-state index contributed by atoms with van der Waals surface area (Å²) in [6.07, 6.45) is 2.06. The van der Waals surface area contributed by atoms with Crippen LogP contribution in [0.1, 0.15) is 11.1 Å². The van der Waals surface area contributed by atoms with Crippen LogP contribution in [-0.2, 0) is 11.3 Å². The van der Waals surface area contributed by atoms with Gasteiger partial charge in [0.25, 0.3) is 0 Å². The van der Waals surface area contributed by atoms with Crippen molar-refractivity contribution in [1.29, 1.82) is 0 Å². The van der Waals surface area contributed by atoms with Crippen LogP contribution in [0.2, 0.25) is 0 Å². The molecule has 1 fully saturated rings. The summed E-state index contributed by atoms with van der Waals surface area (Å²) in [5.41, 5.74) is 2.44. The molecule has 0 bridgehead atoms. The third kappa shape index (κ3) is 3.43. The van der Waals surface area contributed by atoms with Crippen molar-refractivity contribution in [2.24, 2.45) is 0 Å². The van der Waals surface area contributed by atoms with E-state index in [9.17, 15) is 4.79 Å². The number of rotatable bonds is 4. The van der Waals surface area contributed by atoms with E-state index >= 15 is 0 Å². The number of amides is 1. The number of hydrogen-bond donors (Lipinski definition) is 2.